The maximum absolute atomic E-state index is 5.75. The van der Waals surface area contributed by atoms with Gasteiger partial charge in [-0.05, 0) is 31.6 Å². The number of rotatable bonds is 5. The zero-order valence-corrected chi connectivity index (χ0v) is 12.3. The molecule has 0 aliphatic heterocycles. The first-order valence-electron chi connectivity index (χ1n) is 7.10. The molecular formula is C14H25N3S. The summed E-state index contributed by atoms with van der Waals surface area (Å²) in [6.07, 6.45) is 7.68. The summed E-state index contributed by atoms with van der Waals surface area (Å²) >= 11 is 1.73. The van der Waals surface area contributed by atoms with Crippen LogP contribution < -0.4 is 11.3 Å². The minimum atomic E-state index is 0.393. The Kier molecular flexibility index (Phi) is 5.15. The average molecular weight is 267 g/mol. The lowest BCUT2D eigenvalue weighted by Crippen LogP contribution is -2.43. The zero-order chi connectivity index (χ0) is 13.0. The summed E-state index contributed by atoms with van der Waals surface area (Å²) in [6.45, 7) is 4.37. The van der Waals surface area contributed by atoms with Crippen molar-refractivity contribution in [3.63, 3.8) is 0 Å². The van der Waals surface area contributed by atoms with E-state index < -0.39 is 0 Å². The lowest BCUT2D eigenvalue weighted by atomic mass is 9.77. The molecule has 1 saturated carbocycles. The predicted molar refractivity (Wildman–Crippen MR) is 77.4 cm³/mol. The average Bonchev–Trinajstić information content (AvgIpc) is 2.82. The molecule has 0 spiro atoms. The third-order valence-corrected chi connectivity index (χ3v) is 5.17. The molecule has 0 amide bonds. The minimum absolute atomic E-state index is 0.393. The van der Waals surface area contributed by atoms with E-state index in [1.165, 1.54) is 37.8 Å². The van der Waals surface area contributed by atoms with Crippen molar-refractivity contribution in [3.05, 3.63) is 16.1 Å². The summed E-state index contributed by atoms with van der Waals surface area (Å²) < 4.78 is 0. The van der Waals surface area contributed by atoms with Crippen LogP contribution in [0.15, 0.2) is 5.38 Å². The first-order valence-corrected chi connectivity index (χ1v) is 7.98. The molecule has 0 saturated heterocycles. The van der Waals surface area contributed by atoms with Gasteiger partial charge in [0.05, 0.1) is 10.7 Å². The van der Waals surface area contributed by atoms with Gasteiger partial charge in [-0.2, -0.15) is 0 Å². The fraction of sp³-hybridized carbons (Fsp3) is 0.786. The zero-order valence-electron chi connectivity index (χ0n) is 11.5. The molecule has 1 heterocycles. The number of hydrogen-bond donors (Lipinski definition) is 2. The molecule has 3 nitrogen and oxygen atoms in total. The molecule has 102 valence electrons. The Balaban J connectivity index is 1.89. The molecule has 3 N–H and O–H groups in total. The van der Waals surface area contributed by atoms with Crippen LogP contribution in [-0.4, -0.2) is 11.0 Å². The Bertz CT molecular complexity index is 356. The number of hydrazine groups is 1. The highest BCUT2D eigenvalue weighted by Gasteiger charge is 2.26. The van der Waals surface area contributed by atoms with E-state index in [0.29, 0.717) is 6.04 Å². The van der Waals surface area contributed by atoms with Crippen LogP contribution in [0.5, 0.6) is 0 Å². The molecule has 1 aliphatic rings. The molecule has 18 heavy (non-hydrogen) atoms. The summed E-state index contributed by atoms with van der Waals surface area (Å²) in [5.74, 6) is 7.42. The van der Waals surface area contributed by atoms with Gasteiger partial charge in [0.2, 0.25) is 0 Å². The van der Waals surface area contributed by atoms with Gasteiger partial charge in [-0.3, -0.25) is 11.3 Å². The summed E-state index contributed by atoms with van der Waals surface area (Å²) in [6, 6.07) is 0.393. The second-order valence-corrected chi connectivity index (χ2v) is 6.59. The summed E-state index contributed by atoms with van der Waals surface area (Å²) in [5.41, 5.74) is 4.22. The maximum atomic E-state index is 5.75. The Morgan fingerprint density at radius 1 is 1.44 bits per heavy atom. The first kappa shape index (κ1) is 14.0. The van der Waals surface area contributed by atoms with Gasteiger partial charge in [0.1, 0.15) is 0 Å². The minimum Gasteiger partial charge on any atom is -0.271 e. The molecule has 1 unspecified atom stereocenters. The van der Waals surface area contributed by atoms with Gasteiger partial charge in [0.15, 0.2) is 0 Å². The Morgan fingerprint density at radius 2 is 2.17 bits per heavy atom. The molecule has 0 aromatic carbocycles. The molecule has 1 aromatic rings. The summed E-state index contributed by atoms with van der Waals surface area (Å²) in [4.78, 5) is 4.55. The SMILES string of the molecule is CCC1CCC(C(Cc2csc(C)n2)NN)CC1. The number of nitrogens with one attached hydrogen (secondary N) is 1. The quantitative estimate of drug-likeness (QED) is 0.637. The van der Waals surface area contributed by atoms with E-state index in [2.05, 4.69) is 29.6 Å². The molecule has 0 bridgehead atoms. The largest absolute Gasteiger partial charge is 0.271 e. The van der Waals surface area contributed by atoms with Crippen LogP contribution in [0, 0.1) is 18.8 Å². The standard InChI is InChI=1S/C14H25N3S/c1-3-11-4-6-12(7-5-11)14(17-15)8-13-9-18-10(2)16-13/h9,11-12,14,17H,3-8,15H2,1-2H3. The molecule has 4 heteroatoms. The van der Waals surface area contributed by atoms with E-state index in [4.69, 9.17) is 5.84 Å². The maximum Gasteiger partial charge on any atom is 0.0897 e. The fourth-order valence-electron chi connectivity index (χ4n) is 3.09. The number of hydrogen-bond acceptors (Lipinski definition) is 4. The van der Waals surface area contributed by atoms with E-state index in [1.54, 1.807) is 11.3 Å². The van der Waals surface area contributed by atoms with Crippen molar-refractivity contribution in [2.75, 3.05) is 0 Å². The van der Waals surface area contributed by atoms with Gasteiger partial charge in [0.25, 0.3) is 0 Å². The van der Waals surface area contributed by atoms with Crippen molar-refractivity contribution in [1.82, 2.24) is 10.4 Å². The van der Waals surface area contributed by atoms with Gasteiger partial charge < -0.3 is 0 Å². The molecule has 0 radical (unpaired) electrons. The summed E-state index contributed by atoms with van der Waals surface area (Å²) in [5, 5.41) is 3.31. The van der Waals surface area contributed by atoms with Crippen molar-refractivity contribution < 1.29 is 0 Å². The van der Waals surface area contributed by atoms with Crippen LogP contribution in [0.1, 0.15) is 49.7 Å². The molecule has 1 atom stereocenters. The fourth-order valence-corrected chi connectivity index (χ4v) is 3.71. The Morgan fingerprint density at radius 3 is 2.67 bits per heavy atom. The number of aryl methyl sites for hydroxylation is 1. The van der Waals surface area contributed by atoms with Crippen molar-refractivity contribution in [2.24, 2.45) is 17.7 Å². The predicted octanol–water partition coefficient (Wildman–Crippen LogP) is 3.04. The van der Waals surface area contributed by atoms with Crippen molar-refractivity contribution in [1.29, 1.82) is 0 Å². The highest BCUT2D eigenvalue weighted by atomic mass is 32.1. The van der Waals surface area contributed by atoms with Gasteiger partial charge >= 0.3 is 0 Å². The Hall–Kier alpha value is -0.450. The molecule has 1 aliphatic carbocycles. The third kappa shape index (κ3) is 3.53. The molecule has 1 fully saturated rings. The van der Waals surface area contributed by atoms with Crippen LogP contribution in [0.2, 0.25) is 0 Å². The van der Waals surface area contributed by atoms with E-state index in [0.717, 1.165) is 23.3 Å². The highest BCUT2D eigenvalue weighted by Crippen LogP contribution is 2.33. The molecule has 2 rings (SSSR count). The van der Waals surface area contributed by atoms with Crippen molar-refractivity contribution in [2.45, 2.75) is 58.4 Å². The van der Waals surface area contributed by atoms with E-state index in [-0.39, 0.29) is 0 Å². The Labute approximate surface area is 114 Å². The number of nitrogens with two attached hydrogens (primary N) is 1. The van der Waals surface area contributed by atoms with Gasteiger partial charge in [0, 0.05) is 17.8 Å². The van der Waals surface area contributed by atoms with Crippen LogP contribution in [0.4, 0.5) is 0 Å². The van der Waals surface area contributed by atoms with E-state index in [9.17, 15) is 0 Å². The second kappa shape index (κ2) is 6.64. The first-order chi connectivity index (χ1) is 8.72. The highest BCUT2D eigenvalue weighted by molar-refractivity contribution is 7.09. The lowest BCUT2D eigenvalue weighted by Gasteiger charge is -2.33. The van der Waals surface area contributed by atoms with Crippen molar-refractivity contribution >= 4 is 11.3 Å². The van der Waals surface area contributed by atoms with Crippen molar-refractivity contribution in [3.8, 4) is 0 Å². The molecule has 1 aromatic heterocycles. The number of thiazole rings is 1. The van der Waals surface area contributed by atoms with E-state index in [1.807, 2.05) is 0 Å². The summed E-state index contributed by atoms with van der Waals surface area (Å²) in [7, 11) is 0. The second-order valence-electron chi connectivity index (χ2n) is 5.52. The number of nitrogens with zero attached hydrogens (tertiary/aromatic N) is 1. The lowest BCUT2D eigenvalue weighted by molar-refractivity contribution is 0.216. The van der Waals surface area contributed by atoms with Gasteiger partial charge in [-0.25, -0.2) is 4.98 Å². The van der Waals surface area contributed by atoms with E-state index >= 15 is 0 Å². The topological polar surface area (TPSA) is 50.9 Å². The monoisotopic (exact) mass is 267 g/mol. The normalized spacial score (nSPS) is 26.2. The van der Waals surface area contributed by atoms with Crippen LogP contribution >= 0.6 is 11.3 Å². The van der Waals surface area contributed by atoms with Crippen LogP contribution in [-0.2, 0) is 6.42 Å². The van der Waals surface area contributed by atoms with Crippen LogP contribution in [0.25, 0.3) is 0 Å². The third-order valence-electron chi connectivity index (χ3n) is 4.35. The molecular weight excluding hydrogens is 242 g/mol. The van der Waals surface area contributed by atoms with Gasteiger partial charge in [-0.1, -0.05) is 26.2 Å². The smallest absolute Gasteiger partial charge is 0.0897 e. The number of aromatic nitrogens is 1. The van der Waals surface area contributed by atoms with Crippen LogP contribution in [0.3, 0.4) is 0 Å². The van der Waals surface area contributed by atoms with Gasteiger partial charge in [-0.15, -0.1) is 11.3 Å².